The number of carbonyl (C=O) groups is 1. The van der Waals surface area contributed by atoms with E-state index in [1.165, 1.54) is 5.57 Å². The number of rotatable bonds is 8. The number of aliphatic hydroxyl groups is 1. The largest absolute Gasteiger partial charge is 0.388 e. The van der Waals surface area contributed by atoms with Gasteiger partial charge in [-0.05, 0) is 75.3 Å². The van der Waals surface area contributed by atoms with Crippen LogP contribution in [0, 0.1) is 5.92 Å². The average molecular weight is 420 g/mol. The van der Waals surface area contributed by atoms with Gasteiger partial charge in [0.1, 0.15) is 5.82 Å². The molecule has 0 saturated heterocycles. The first-order valence-corrected chi connectivity index (χ1v) is 11.2. The number of aromatic nitrogens is 2. The molecular formula is C26H33N3O2. The van der Waals surface area contributed by atoms with Gasteiger partial charge in [-0.1, -0.05) is 31.6 Å². The van der Waals surface area contributed by atoms with Gasteiger partial charge in [-0.2, -0.15) is 0 Å². The number of anilines is 1. The normalized spacial score (nSPS) is 16.8. The van der Waals surface area contributed by atoms with Gasteiger partial charge < -0.3 is 10.4 Å². The van der Waals surface area contributed by atoms with Crippen molar-refractivity contribution in [2.24, 2.45) is 5.92 Å². The molecule has 0 aromatic carbocycles. The molecular weight excluding hydrogens is 386 g/mol. The maximum Gasteiger partial charge on any atom is 0.228 e. The molecule has 164 valence electrons. The third-order valence-corrected chi connectivity index (χ3v) is 5.93. The smallest absolute Gasteiger partial charge is 0.228 e. The van der Waals surface area contributed by atoms with Gasteiger partial charge >= 0.3 is 0 Å². The summed E-state index contributed by atoms with van der Waals surface area (Å²) in [6, 6.07) is 3.89. The second-order valence-electron chi connectivity index (χ2n) is 8.29. The van der Waals surface area contributed by atoms with E-state index < -0.39 is 6.10 Å². The Bertz CT molecular complexity index is 1060. The minimum Gasteiger partial charge on any atom is -0.388 e. The van der Waals surface area contributed by atoms with Crippen LogP contribution in [-0.4, -0.2) is 27.1 Å². The summed E-state index contributed by atoms with van der Waals surface area (Å²) in [5.74, 6) is 0.764. The number of nitrogens with zero attached hydrogens (tertiary/aromatic N) is 2. The SMILES string of the molecule is C\C=C(/C(C)=C\C(=C(/C)CC)C(O)CC)c1cc2cnc(NC(=O)C3CC3)cc2cn1. The van der Waals surface area contributed by atoms with Crippen LogP contribution >= 0.6 is 0 Å². The average Bonchev–Trinajstić information content (AvgIpc) is 3.62. The fraction of sp³-hybridized carbons (Fsp3) is 0.423. The van der Waals surface area contributed by atoms with Gasteiger partial charge in [-0.25, -0.2) is 4.98 Å². The van der Waals surface area contributed by atoms with Gasteiger partial charge in [0, 0.05) is 29.1 Å². The zero-order chi connectivity index (χ0) is 22.5. The lowest BCUT2D eigenvalue weighted by Gasteiger charge is -2.16. The highest BCUT2D eigenvalue weighted by Crippen LogP contribution is 2.31. The molecule has 1 atom stereocenters. The summed E-state index contributed by atoms with van der Waals surface area (Å²) in [6.45, 7) is 10.2. The second-order valence-corrected chi connectivity index (χ2v) is 8.29. The van der Waals surface area contributed by atoms with Gasteiger partial charge in [-0.15, -0.1) is 0 Å². The number of aliphatic hydroxyl groups excluding tert-OH is 1. The van der Waals surface area contributed by atoms with E-state index in [4.69, 9.17) is 0 Å². The van der Waals surface area contributed by atoms with E-state index in [0.717, 1.165) is 52.4 Å². The highest BCUT2D eigenvalue weighted by atomic mass is 16.3. The topological polar surface area (TPSA) is 75.1 Å². The van der Waals surface area contributed by atoms with E-state index in [1.807, 2.05) is 32.2 Å². The lowest BCUT2D eigenvalue weighted by Crippen LogP contribution is -2.14. The standard InChI is InChI=1S/C26H33N3O2/c1-6-16(4)22(24(30)8-3)11-17(5)21(7-2)23-12-19-15-28-25(13-20(19)14-27-23)29-26(31)18-9-10-18/h7,11-15,18,24,30H,6,8-10H2,1-5H3,(H,28,29,31)/b17-11-,21-7+,22-16-. The van der Waals surface area contributed by atoms with Crippen LogP contribution in [0.4, 0.5) is 5.82 Å². The first-order valence-electron chi connectivity index (χ1n) is 11.2. The summed E-state index contributed by atoms with van der Waals surface area (Å²) in [5.41, 5.74) is 5.13. The van der Waals surface area contributed by atoms with Crippen LogP contribution in [0.15, 0.2) is 53.4 Å². The van der Waals surface area contributed by atoms with Crippen molar-refractivity contribution in [3.63, 3.8) is 0 Å². The predicted octanol–water partition coefficient (Wildman–Crippen LogP) is 5.83. The Hall–Kier alpha value is -2.79. The Morgan fingerprint density at radius 2 is 1.87 bits per heavy atom. The van der Waals surface area contributed by atoms with Crippen molar-refractivity contribution in [2.75, 3.05) is 5.32 Å². The molecule has 2 aromatic heterocycles. The molecule has 5 nitrogen and oxygen atoms in total. The van der Waals surface area contributed by atoms with Crippen LogP contribution in [0.5, 0.6) is 0 Å². The third kappa shape index (κ3) is 5.47. The number of allylic oxidation sites excluding steroid dienone is 4. The maximum atomic E-state index is 12.0. The Balaban J connectivity index is 1.90. The summed E-state index contributed by atoms with van der Waals surface area (Å²) in [5, 5.41) is 15.3. The molecule has 1 aliphatic rings. The Kier molecular flexibility index (Phi) is 7.39. The van der Waals surface area contributed by atoms with Gasteiger partial charge in [0.05, 0.1) is 11.8 Å². The third-order valence-electron chi connectivity index (χ3n) is 5.93. The Labute approximate surface area is 185 Å². The molecule has 0 bridgehead atoms. The van der Waals surface area contributed by atoms with E-state index in [9.17, 15) is 9.90 Å². The summed E-state index contributed by atoms with van der Waals surface area (Å²) < 4.78 is 0. The maximum absolute atomic E-state index is 12.0. The number of pyridine rings is 2. The Morgan fingerprint density at radius 1 is 1.19 bits per heavy atom. The van der Waals surface area contributed by atoms with Gasteiger partial charge in [0.15, 0.2) is 0 Å². The molecule has 5 heteroatoms. The quantitative estimate of drug-likeness (QED) is 0.528. The van der Waals surface area contributed by atoms with E-state index in [-0.39, 0.29) is 11.8 Å². The molecule has 1 amide bonds. The van der Waals surface area contributed by atoms with E-state index >= 15 is 0 Å². The summed E-state index contributed by atoms with van der Waals surface area (Å²) in [6.07, 6.45) is 10.8. The summed E-state index contributed by atoms with van der Waals surface area (Å²) in [4.78, 5) is 21.1. The molecule has 1 fully saturated rings. The monoisotopic (exact) mass is 419 g/mol. The number of amides is 1. The van der Waals surface area contributed by atoms with Gasteiger partial charge in [0.2, 0.25) is 5.91 Å². The van der Waals surface area contributed by atoms with Crippen LogP contribution in [0.1, 0.15) is 66.0 Å². The first-order chi connectivity index (χ1) is 14.9. The minimum absolute atomic E-state index is 0.0499. The van der Waals surface area contributed by atoms with Gasteiger partial charge in [-0.3, -0.25) is 9.78 Å². The van der Waals surface area contributed by atoms with E-state index in [0.29, 0.717) is 12.2 Å². The zero-order valence-electron chi connectivity index (χ0n) is 19.2. The van der Waals surface area contributed by atoms with E-state index in [2.05, 4.69) is 48.2 Å². The molecule has 1 unspecified atom stereocenters. The van der Waals surface area contributed by atoms with Crippen molar-refractivity contribution in [1.29, 1.82) is 0 Å². The van der Waals surface area contributed by atoms with Crippen molar-refractivity contribution in [3.05, 3.63) is 59.1 Å². The molecule has 1 saturated carbocycles. The molecule has 2 aromatic rings. The molecule has 1 aliphatic carbocycles. The Morgan fingerprint density at radius 3 is 2.48 bits per heavy atom. The highest BCUT2D eigenvalue weighted by molar-refractivity contribution is 5.95. The lowest BCUT2D eigenvalue weighted by atomic mass is 9.94. The summed E-state index contributed by atoms with van der Waals surface area (Å²) in [7, 11) is 0. The van der Waals surface area contributed by atoms with Gasteiger partial charge in [0.25, 0.3) is 0 Å². The molecule has 0 radical (unpaired) electrons. The number of carbonyl (C=O) groups excluding carboxylic acids is 1. The minimum atomic E-state index is -0.467. The predicted molar refractivity (Wildman–Crippen MR) is 128 cm³/mol. The van der Waals surface area contributed by atoms with Crippen LogP contribution < -0.4 is 5.32 Å². The lowest BCUT2D eigenvalue weighted by molar-refractivity contribution is -0.117. The molecule has 0 aliphatic heterocycles. The number of hydrogen-bond acceptors (Lipinski definition) is 4. The van der Waals surface area contributed by atoms with Crippen LogP contribution in [0.3, 0.4) is 0 Å². The highest BCUT2D eigenvalue weighted by Gasteiger charge is 2.29. The number of hydrogen-bond donors (Lipinski definition) is 2. The van der Waals surface area contributed by atoms with Crippen LogP contribution in [0.2, 0.25) is 0 Å². The summed E-state index contributed by atoms with van der Waals surface area (Å²) >= 11 is 0. The number of nitrogens with one attached hydrogen (secondary N) is 1. The van der Waals surface area contributed by atoms with Crippen molar-refractivity contribution in [1.82, 2.24) is 9.97 Å². The van der Waals surface area contributed by atoms with Crippen LogP contribution in [-0.2, 0) is 4.79 Å². The molecule has 2 heterocycles. The zero-order valence-corrected chi connectivity index (χ0v) is 19.2. The fourth-order valence-corrected chi connectivity index (χ4v) is 3.64. The second kappa shape index (κ2) is 10.0. The fourth-order valence-electron chi connectivity index (χ4n) is 3.64. The van der Waals surface area contributed by atoms with Crippen molar-refractivity contribution >= 4 is 28.1 Å². The molecule has 31 heavy (non-hydrogen) atoms. The van der Waals surface area contributed by atoms with Crippen LogP contribution in [0.25, 0.3) is 16.3 Å². The number of fused-ring (bicyclic) bond motifs is 1. The van der Waals surface area contributed by atoms with Crippen molar-refractivity contribution in [3.8, 4) is 0 Å². The van der Waals surface area contributed by atoms with Crippen molar-refractivity contribution < 1.29 is 9.90 Å². The molecule has 0 spiro atoms. The first kappa shape index (κ1) is 22.9. The van der Waals surface area contributed by atoms with Crippen molar-refractivity contribution in [2.45, 2.75) is 66.4 Å². The molecule has 2 N–H and O–H groups in total. The van der Waals surface area contributed by atoms with E-state index in [1.54, 1.807) is 6.20 Å². The molecule has 3 rings (SSSR count).